The fourth-order valence-electron chi connectivity index (χ4n) is 2.57. The first-order valence-corrected chi connectivity index (χ1v) is 10.1. The molecule has 1 unspecified atom stereocenters. The third kappa shape index (κ3) is 6.79. The molecule has 6 nitrogen and oxygen atoms in total. The lowest BCUT2D eigenvalue weighted by Crippen LogP contribution is -2.50. The van der Waals surface area contributed by atoms with Crippen molar-refractivity contribution in [1.82, 2.24) is 15.5 Å². The van der Waals surface area contributed by atoms with Gasteiger partial charge in [0.2, 0.25) is 5.91 Å². The fourth-order valence-corrected chi connectivity index (χ4v) is 3.47. The molecule has 7 heteroatoms. The number of carbonyl (C=O) groups excluding carboxylic acids is 1. The summed E-state index contributed by atoms with van der Waals surface area (Å²) in [6.07, 6.45) is 1.85. The molecule has 140 valence electrons. The summed E-state index contributed by atoms with van der Waals surface area (Å²) in [5, 5.41) is 6.65. The van der Waals surface area contributed by atoms with Crippen LogP contribution in [0.4, 0.5) is 0 Å². The van der Waals surface area contributed by atoms with Crippen molar-refractivity contribution >= 4 is 22.7 Å². The fraction of sp³-hybridized carbons (Fsp3) is 0.882. The van der Waals surface area contributed by atoms with Gasteiger partial charge in [-0.15, -0.1) is 0 Å². The molecule has 0 saturated carbocycles. The Labute approximate surface area is 149 Å². The van der Waals surface area contributed by atoms with Crippen LogP contribution in [0.15, 0.2) is 4.99 Å². The van der Waals surface area contributed by atoms with E-state index in [9.17, 15) is 9.00 Å². The van der Waals surface area contributed by atoms with E-state index >= 15 is 0 Å². The summed E-state index contributed by atoms with van der Waals surface area (Å²) < 4.78 is 11.9. The number of hydrogen-bond acceptors (Lipinski definition) is 3. The highest BCUT2D eigenvalue weighted by Gasteiger charge is 2.24. The average Bonchev–Trinajstić information content (AvgIpc) is 2.52. The Hall–Kier alpha value is -1.11. The summed E-state index contributed by atoms with van der Waals surface area (Å²) in [5.41, 5.74) is 0. The van der Waals surface area contributed by atoms with E-state index in [1.54, 1.807) is 7.05 Å². The zero-order valence-electron chi connectivity index (χ0n) is 16.0. The maximum absolute atomic E-state index is 12.1. The van der Waals surface area contributed by atoms with Crippen molar-refractivity contribution in [2.45, 2.75) is 58.2 Å². The van der Waals surface area contributed by atoms with Gasteiger partial charge < -0.3 is 15.5 Å². The molecule has 1 heterocycles. The van der Waals surface area contributed by atoms with Gasteiger partial charge in [0.1, 0.15) is 0 Å². The highest BCUT2D eigenvalue weighted by atomic mass is 32.2. The van der Waals surface area contributed by atoms with Gasteiger partial charge in [0.05, 0.1) is 0 Å². The maximum atomic E-state index is 12.1. The Balaban J connectivity index is 2.35. The third-order valence-electron chi connectivity index (χ3n) is 4.13. The Morgan fingerprint density at radius 3 is 2.33 bits per heavy atom. The van der Waals surface area contributed by atoms with Gasteiger partial charge in [-0.3, -0.25) is 14.0 Å². The Morgan fingerprint density at radius 2 is 1.88 bits per heavy atom. The van der Waals surface area contributed by atoms with E-state index in [1.807, 2.05) is 39.5 Å². The molecule has 2 N–H and O–H groups in total. The first-order valence-electron chi connectivity index (χ1n) is 8.79. The van der Waals surface area contributed by atoms with Crippen molar-refractivity contribution in [3.05, 3.63) is 0 Å². The maximum Gasteiger partial charge on any atom is 0.225 e. The SMILES string of the molecule is CN=C(NCCS(=O)C(C)(C)C)NC1CCN(C(=O)C(C)C)CC1. The molecule has 0 aromatic heterocycles. The van der Waals surface area contributed by atoms with Crippen molar-refractivity contribution in [2.75, 3.05) is 32.4 Å². The summed E-state index contributed by atoms with van der Waals surface area (Å²) in [7, 11) is 0.877. The normalized spacial score (nSPS) is 18.6. The van der Waals surface area contributed by atoms with Crippen LogP contribution in [0.1, 0.15) is 47.5 Å². The van der Waals surface area contributed by atoms with Gasteiger partial charge in [0.25, 0.3) is 0 Å². The van der Waals surface area contributed by atoms with Gasteiger partial charge in [0, 0.05) is 59.9 Å². The molecule has 1 rings (SSSR count). The molecular weight excluding hydrogens is 324 g/mol. The smallest absolute Gasteiger partial charge is 0.225 e. The molecule has 0 aromatic carbocycles. The van der Waals surface area contributed by atoms with Gasteiger partial charge in [-0.2, -0.15) is 0 Å². The van der Waals surface area contributed by atoms with Gasteiger partial charge in [-0.25, -0.2) is 0 Å². The van der Waals surface area contributed by atoms with Gasteiger partial charge in [-0.1, -0.05) is 13.8 Å². The molecule has 1 aliphatic rings. The average molecular weight is 359 g/mol. The molecule has 1 amide bonds. The Kier molecular flexibility index (Phi) is 8.19. The number of nitrogens with one attached hydrogen (secondary N) is 2. The highest BCUT2D eigenvalue weighted by Crippen LogP contribution is 2.13. The van der Waals surface area contributed by atoms with E-state index in [4.69, 9.17) is 0 Å². The van der Waals surface area contributed by atoms with Crippen molar-refractivity contribution in [2.24, 2.45) is 10.9 Å². The molecule has 24 heavy (non-hydrogen) atoms. The number of hydrogen-bond donors (Lipinski definition) is 2. The number of guanidine groups is 1. The molecular formula is C17H34N4O2S. The molecule has 1 atom stereocenters. The van der Waals surface area contributed by atoms with Gasteiger partial charge in [0.15, 0.2) is 5.96 Å². The van der Waals surface area contributed by atoms with Crippen molar-refractivity contribution in [3.63, 3.8) is 0 Å². The summed E-state index contributed by atoms with van der Waals surface area (Å²) in [4.78, 5) is 18.2. The van der Waals surface area contributed by atoms with Crippen LogP contribution < -0.4 is 10.6 Å². The van der Waals surface area contributed by atoms with Crippen molar-refractivity contribution in [3.8, 4) is 0 Å². The van der Waals surface area contributed by atoms with Gasteiger partial charge in [-0.05, 0) is 33.6 Å². The lowest BCUT2D eigenvalue weighted by atomic mass is 10.0. The molecule has 1 aliphatic heterocycles. The number of likely N-dealkylation sites (tertiary alicyclic amines) is 1. The minimum Gasteiger partial charge on any atom is -0.355 e. The largest absolute Gasteiger partial charge is 0.355 e. The van der Waals surface area contributed by atoms with Crippen LogP contribution in [-0.4, -0.2) is 64.2 Å². The number of piperidine rings is 1. The van der Waals surface area contributed by atoms with Crippen LogP contribution in [0.5, 0.6) is 0 Å². The summed E-state index contributed by atoms with van der Waals surface area (Å²) in [6.45, 7) is 12.1. The molecule has 0 radical (unpaired) electrons. The van der Waals surface area contributed by atoms with Crippen molar-refractivity contribution in [1.29, 1.82) is 0 Å². The van der Waals surface area contributed by atoms with Gasteiger partial charge >= 0.3 is 0 Å². The van der Waals surface area contributed by atoms with Crippen LogP contribution in [0.3, 0.4) is 0 Å². The number of amides is 1. The van der Waals surface area contributed by atoms with E-state index in [2.05, 4.69) is 15.6 Å². The second-order valence-corrected chi connectivity index (χ2v) is 9.88. The predicted octanol–water partition coefficient (Wildman–Crippen LogP) is 1.35. The Bertz CT molecular complexity index is 464. The van der Waals surface area contributed by atoms with Crippen LogP contribution in [0.2, 0.25) is 0 Å². The Morgan fingerprint density at radius 1 is 1.29 bits per heavy atom. The van der Waals surface area contributed by atoms with E-state index in [-0.39, 0.29) is 16.6 Å². The summed E-state index contributed by atoms with van der Waals surface area (Å²) >= 11 is 0. The summed E-state index contributed by atoms with van der Waals surface area (Å²) in [6, 6.07) is 0.320. The van der Waals surface area contributed by atoms with E-state index in [1.165, 1.54) is 0 Å². The van der Waals surface area contributed by atoms with E-state index < -0.39 is 10.8 Å². The zero-order chi connectivity index (χ0) is 18.3. The minimum atomic E-state index is -0.866. The third-order valence-corrected chi connectivity index (χ3v) is 6.07. The van der Waals surface area contributed by atoms with E-state index in [0.717, 1.165) is 31.9 Å². The predicted molar refractivity (Wildman–Crippen MR) is 102 cm³/mol. The summed E-state index contributed by atoms with van der Waals surface area (Å²) in [5.74, 6) is 1.65. The molecule has 1 fully saturated rings. The first kappa shape index (κ1) is 20.9. The van der Waals surface area contributed by atoms with Crippen LogP contribution in [0.25, 0.3) is 0 Å². The second kappa shape index (κ2) is 9.39. The number of nitrogens with zero attached hydrogens (tertiary/aromatic N) is 2. The minimum absolute atomic E-state index is 0.0626. The standard InChI is InChI=1S/C17H34N4O2S/c1-13(2)15(22)21-10-7-14(8-11-21)20-16(18-6)19-9-12-24(23)17(3,4)5/h13-14H,7-12H2,1-6H3,(H2,18,19,20). The first-order chi connectivity index (χ1) is 11.1. The van der Waals surface area contributed by atoms with Crippen LogP contribution >= 0.6 is 0 Å². The zero-order valence-corrected chi connectivity index (χ0v) is 16.8. The monoisotopic (exact) mass is 358 g/mol. The number of carbonyl (C=O) groups is 1. The number of aliphatic imine (C=N–C) groups is 1. The van der Waals surface area contributed by atoms with Crippen molar-refractivity contribution < 1.29 is 9.00 Å². The second-order valence-electron chi connectivity index (χ2n) is 7.56. The van der Waals surface area contributed by atoms with Crippen LogP contribution in [0, 0.1) is 5.92 Å². The van der Waals surface area contributed by atoms with Crippen LogP contribution in [-0.2, 0) is 15.6 Å². The molecule has 0 bridgehead atoms. The lowest BCUT2D eigenvalue weighted by molar-refractivity contribution is -0.135. The lowest BCUT2D eigenvalue weighted by Gasteiger charge is -2.34. The molecule has 1 saturated heterocycles. The molecule has 0 aliphatic carbocycles. The highest BCUT2D eigenvalue weighted by molar-refractivity contribution is 7.86. The number of rotatable bonds is 5. The molecule has 0 aromatic rings. The topological polar surface area (TPSA) is 73.8 Å². The van der Waals surface area contributed by atoms with E-state index in [0.29, 0.717) is 18.3 Å². The quantitative estimate of drug-likeness (QED) is 0.575. The molecule has 0 spiro atoms.